The zero-order valence-electron chi connectivity index (χ0n) is 11.5. The van der Waals surface area contributed by atoms with Crippen LogP contribution in [0.3, 0.4) is 0 Å². The standard InChI is InChI=1S/C15H17BrO4/c1-4-8-15(10-17,14(18)20-5-2)12-9-11(16)6-7-13(12)19-3/h4,6-7,9-10H,1,5,8H2,2-3H3. The van der Waals surface area contributed by atoms with Crippen molar-refractivity contribution in [2.24, 2.45) is 0 Å². The van der Waals surface area contributed by atoms with Crippen LogP contribution in [0.15, 0.2) is 35.3 Å². The van der Waals surface area contributed by atoms with Crippen molar-refractivity contribution >= 4 is 28.2 Å². The molecule has 108 valence electrons. The van der Waals surface area contributed by atoms with Gasteiger partial charge in [-0.25, -0.2) is 0 Å². The monoisotopic (exact) mass is 340 g/mol. The van der Waals surface area contributed by atoms with Crippen LogP contribution in [0, 0.1) is 0 Å². The summed E-state index contributed by atoms with van der Waals surface area (Å²) in [4.78, 5) is 24.0. The molecule has 1 aromatic carbocycles. The second-order valence-electron chi connectivity index (χ2n) is 4.15. The fourth-order valence-corrected chi connectivity index (χ4v) is 2.34. The van der Waals surface area contributed by atoms with Crippen LogP contribution in [0.2, 0.25) is 0 Å². The van der Waals surface area contributed by atoms with Crippen LogP contribution in [0.25, 0.3) is 0 Å². The molecule has 0 spiro atoms. The van der Waals surface area contributed by atoms with Gasteiger partial charge in [0.1, 0.15) is 12.0 Å². The molecular formula is C15H17BrO4. The predicted molar refractivity (Wildman–Crippen MR) is 79.9 cm³/mol. The summed E-state index contributed by atoms with van der Waals surface area (Å²) in [6.45, 7) is 5.51. The summed E-state index contributed by atoms with van der Waals surface area (Å²) >= 11 is 3.34. The first-order valence-electron chi connectivity index (χ1n) is 6.14. The summed E-state index contributed by atoms with van der Waals surface area (Å²) < 4.78 is 11.1. The minimum atomic E-state index is -1.44. The van der Waals surface area contributed by atoms with E-state index in [9.17, 15) is 9.59 Å². The molecule has 0 saturated carbocycles. The Morgan fingerprint density at radius 3 is 2.70 bits per heavy atom. The Hall–Kier alpha value is -1.62. The van der Waals surface area contributed by atoms with E-state index in [1.165, 1.54) is 13.2 Å². The van der Waals surface area contributed by atoms with Gasteiger partial charge in [-0.15, -0.1) is 6.58 Å². The van der Waals surface area contributed by atoms with Crippen molar-refractivity contribution in [2.45, 2.75) is 18.8 Å². The lowest BCUT2D eigenvalue weighted by Gasteiger charge is -2.26. The first-order valence-corrected chi connectivity index (χ1v) is 6.93. The average molecular weight is 341 g/mol. The van der Waals surface area contributed by atoms with Gasteiger partial charge in [0.2, 0.25) is 0 Å². The lowest BCUT2D eigenvalue weighted by atomic mass is 9.78. The second kappa shape index (κ2) is 7.24. The number of hydrogen-bond donors (Lipinski definition) is 0. The van der Waals surface area contributed by atoms with Crippen LogP contribution in [0.4, 0.5) is 0 Å². The van der Waals surface area contributed by atoms with Gasteiger partial charge in [0.15, 0.2) is 5.41 Å². The van der Waals surface area contributed by atoms with Crippen molar-refractivity contribution in [3.8, 4) is 5.75 Å². The summed E-state index contributed by atoms with van der Waals surface area (Å²) in [5.41, 5.74) is -0.977. The van der Waals surface area contributed by atoms with E-state index in [2.05, 4.69) is 22.5 Å². The third kappa shape index (κ3) is 3.10. The number of rotatable bonds is 7. The molecule has 0 bridgehead atoms. The predicted octanol–water partition coefficient (Wildman–Crippen LogP) is 3.03. The molecule has 1 aromatic rings. The number of methoxy groups -OCH3 is 1. The van der Waals surface area contributed by atoms with E-state index in [1.807, 2.05) is 0 Å². The van der Waals surface area contributed by atoms with Crippen molar-refractivity contribution in [2.75, 3.05) is 13.7 Å². The van der Waals surface area contributed by atoms with E-state index < -0.39 is 11.4 Å². The number of ether oxygens (including phenoxy) is 2. The van der Waals surface area contributed by atoms with Gasteiger partial charge in [-0.05, 0) is 31.5 Å². The van der Waals surface area contributed by atoms with E-state index in [0.717, 1.165) is 4.47 Å². The van der Waals surface area contributed by atoms with Gasteiger partial charge in [-0.2, -0.15) is 0 Å². The van der Waals surface area contributed by atoms with Gasteiger partial charge in [0, 0.05) is 10.0 Å². The van der Waals surface area contributed by atoms with Crippen molar-refractivity contribution < 1.29 is 19.1 Å². The average Bonchev–Trinajstić information content (AvgIpc) is 2.45. The fourth-order valence-electron chi connectivity index (χ4n) is 1.98. The summed E-state index contributed by atoms with van der Waals surface area (Å²) in [5.74, 6) is -0.151. The molecule has 0 aliphatic rings. The summed E-state index contributed by atoms with van der Waals surface area (Å²) in [7, 11) is 1.49. The molecule has 1 unspecified atom stereocenters. The lowest BCUT2D eigenvalue weighted by molar-refractivity contribution is -0.151. The molecule has 0 fully saturated rings. The highest BCUT2D eigenvalue weighted by atomic mass is 79.9. The van der Waals surface area contributed by atoms with Crippen LogP contribution in [-0.2, 0) is 19.7 Å². The topological polar surface area (TPSA) is 52.6 Å². The van der Waals surface area contributed by atoms with Crippen LogP contribution in [0.5, 0.6) is 5.75 Å². The minimum Gasteiger partial charge on any atom is -0.496 e. The molecule has 1 atom stereocenters. The molecule has 0 aromatic heterocycles. The van der Waals surface area contributed by atoms with Gasteiger partial charge < -0.3 is 14.3 Å². The molecule has 5 heteroatoms. The molecule has 20 heavy (non-hydrogen) atoms. The summed E-state index contributed by atoms with van der Waals surface area (Å²) in [6.07, 6.45) is 2.25. The van der Waals surface area contributed by atoms with Gasteiger partial charge >= 0.3 is 5.97 Å². The highest BCUT2D eigenvalue weighted by Crippen LogP contribution is 2.36. The summed E-state index contributed by atoms with van der Waals surface area (Å²) in [6, 6.07) is 5.16. The molecule has 0 radical (unpaired) electrons. The normalized spacial score (nSPS) is 13.2. The molecule has 0 aliphatic heterocycles. The van der Waals surface area contributed by atoms with E-state index >= 15 is 0 Å². The molecule has 0 heterocycles. The smallest absolute Gasteiger partial charge is 0.324 e. The number of esters is 1. The van der Waals surface area contributed by atoms with Crippen molar-refractivity contribution in [1.29, 1.82) is 0 Å². The maximum absolute atomic E-state index is 12.3. The Balaban J connectivity index is 3.50. The Kier molecular flexibility index (Phi) is 5.95. The first-order chi connectivity index (χ1) is 9.55. The molecule has 1 rings (SSSR count). The molecular weight excluding hydrogens is 324 g/mol. The Morgan fingerprint density at radius 1 is 1.50 bits per heavy atom. The number of aldehydes is 1. The number of allylic oxidation sites excluding steroid dienone is 1. The van der Waals surface area contributed by atoms with Crippen LogP contribution in [-0.4, -0.2) is 26.0 Å². The zero-order valence-corrected chi connectivity index (χ0v) is 13.1. The third-order valence-electron chi connectivity index (χ3n) is 2.95. The Bertz CT molecular complexity index is 513. The van der Waals surface area contributed by atoms with E-state index in [4.69, 9.17) is 9.47 Å². The van der Waals surface area contributed by atoms with Gasteiger partial charge in [0.25, 0.3) is 0 Å². The van der Waals surface area contributed by atoms with E-state index in [-0.39, 0.29) is 13.0 Å². The number of halogens is 1. The maximum Gasteiger partial charge on any atom is 0.324 e. The summed E-state index contributed by atoms with van der Waals surface area (Å²) in [5, 5.41) is 0. The maximum atomic E-state index is 12.3. The largest absolute Gasteiger partial charge is 0.496 e. The van der Waals surface area contributed by atoms with Crippen molar-refractivity contribution in [3.63, 3.8) is 0 Å². The quantitative estimate of drug-likeness (QED) is 0.331. The molecule has 4 nitrogen and oxygen atoms in total. The highest BCUT2D eigenvalue weighted by molar-refractivity contribution is 9.10. The molecule has 0 saturated heterocycles. The highest BCUT2D eigenvalue weighted by Gasteiger charge is 2.43. The number of carbonyl (C=O) groups excluding carboxylic acids is 2. The minimum absolute atomic E-state index is 0.141. The van der Waals surface area contributed by atoms with Crippen molar-refractivity contribution in [3.05, 3.63) is 40.9 Å². The fraction of sp³-hybridized carbons (Fsp3) is 0.333. The Labute approximate surface area is 126 Å². The number of benzene rings is 1. The Morgan fingerprint density at radius 2 is 2.20 bits per heavy atom. The number of carbonyl (C=O) groups is 2. The third-order valence-corrected chi connectivity index (χ3v) is 3.44. The van der Waals surface area contributed by atoms with Crippen LogP contribution in [0.1, 0.15) is 18.9 Å². The van der Waals surface area contributed by atoms with E-state index in [0.29, 0.717) is 17.6 Å². The molecule has 0 amide bonds. The van der Waals surface area contributed by atoms with Gasteiger partial charge in [-0.3, -0.25) is 4.79 Å². The lowest BCUT2D eigenvalue weighted by Crippen LogP contribution is -2.39. The second-order valence-corrected chi connectivity index (χ2v) is 5.06. The van der Waals surface area contributed by atoms with Gasteiger partial charge in [0.05, 0.1) is 13.7 Å². The van der Waals surface area contributed by atoms with Crippen LogP contribution < -0.4 is 4.74 Å². The van der Waals surface area contributed by atoms with Gasteiger partial charge in [-0.1, -0.05) is 22.0 Å². The number of hydrogen-bond acceptors (Lipinski definition) is 4. The zero-order chi connectivity index (χ0) is 15.2. The molecule has 0 aliphatic carbocycles. The van der Waals surface area contributed by atoms with Crippen molar-refractivity contribution in [1.82, 2.24) is 0 Å². The van der Waals surface area contributed by atoms with E-state index in [1.54, 1.807) is 25.1 Å². The molecule has 0 N–H and O–H groups in total. The first kappa shape index (κ1) is 16.4. The van der Waals surface area contributed by atoms with Crippen LogP contribution >= 0.6 is 15.9 Å². The SMILES string of the molecule is C=CCC(C=O)(C(=O)OCC)c1cc(Br)ccc1OC.